The summed E-state index contributed by atoms with van der Waals surface area (Å²) in [6.45, 7) is 18.5. The van der Waals surface area contributed by atoms with Crippen LogP contribution in [0.1, 0.15) is 126 Å². The fourth-order valence-electron chi connectivity index (χ4n) is 11.5. The van der Waals surface area contributed by atoms with E-state index in [-0.39, 0.29) is 39.1 Å². The highest BCUT2D eigenvalue weighted by Crippen LogP contribution is 2.88. The van der Waals surface area contributed by atoms with Crippen LogP contribution in [0.4, 0.5) is 0 Å². The summed E-state index contributed by atoms with van der Waals surface area (Å²) in [5, 5.41) is 0. The quantitative estimate of drug-likeness (QED) is 0.359. The Balaban J connectivity index is 1.42. The van der Waals surface area contributed by atoms with Gasteiger partial charge in [0.2, 0.25) is 0 Å². The highest BCUT2D eigenvalue weighted by atomic mass is 16.5. The fraction of sp³-hybridized carbons (Fsp3) is 0.938. The smallest absolute Gasteiger partial charge is 0.302 e. The van der Waals surface area contributed by atoms with Gasteiger partial charge in [-0.25, -0.2) is 0 Å². The van der Waals surface area contributed by atoms with Gasteiger partial charge in [0.15, 0.2) is 0 Å². The van der Waals surface area contributed by atoms with Gasteiger partial charge in [0.05, 0.1) is 0 Å². The minimum absolute atomic E-state index is 0.00748. The van der Waals surface area contributed by atoms with Crippen molar-refractivity contribution in [2.24, 2.45) is 56.7 Å². The van der Waals surface area contributed by atoms with Crippen LogP contribution in [0.2, 0.25) is 0 Å². The maximum absolute atomic E-state index is 14.4. The normalized spacial score (nSPS) is 48.4. The number of ketones is 1. The van der Waals surface area contributed by atoms with Crippen molar-refractivity contribution in [2.75, 3.05) is 0 Å². The molecule has 0 aromatic carbocycles. The van der Waals surface area contributed by atoms with Gasteiger partial charge in [0, 0.05) is 24.2 Å². The molecule has 5 aliphatic carbocycles. The summed E-state index contributed by atoms with van der Waals surface area (Å²) >= 11 is 0. The standard InChI is InChI=1S/C32H52O3/c1-20(2)10-9-11-21(3)23-14-16-29(7)25-13-12-24-28(5,6)27(35-22(4)33)15-17-31(24)19-32(25,31)26(34)18-30(23,29)8/h20-21,23-25,27H,9-19H2,1-8H3. The number of esters is 1. The molecule has 0 aliphatic heterocycles. The molecule has 0 N–H and O–H groups in total. The van der Waals surface area contributed by atoms with E-state index in [1.165, 1.54) is 44.9 Å². The molecule has 35 heavy (non-hydrogen) atoms. The first kappa shape index (κ1) is 25.8. The molecule has 2 spiro atoms. The molecule has 3 nitrogen and oxygen atoms in total. The predicted molar refractivity (Wildman–Crippen MR) is 141 cm³/mol. The number of Topliss-reactive ketones (excluding diaryl/α,β-unsaturated/α-hetero) is 1. The summed E-state index contributed by atoms with van der Waals surface area (Å²) < 4.78 is 5.85. The Hall–Kier alpha value is -0.860. The summed E-state index contributed by atoms with van der Waals surface area (Å²) in [5.74, 6) is 3.68. The largest absolute Gasteiger partial charge is 0.462 e. The summed E-state index contributed by atoms with van der Waals surface area (Å²) in [5.41, 5.74) is 0.460. The molecule has 0 saturated heterocycles. The molecule has 9 atom stereocenters. The Kier molecular flexibility index (Phi) is 5.94. The lowest BCUT2D eigenvalue weighted by Gasteiger charge is -2.62. The Morgan fingerprint density at radius 3 is 2.29 bits per heavy atom. The summed E-state index contributed by atoms with van der Waals surface area (Å²) in [4.78, 5) is 26.2. The van der Waals surface area contributed by atoms with E-state index in [1.807, 2.05) is 0 Å². The van der Waals surface area contributed by atoms with Crippen LogP contribution >= 0.6 is 0 Å². The molecule has 0 bridgehead atoms. The molecule has 0 aromatic heterocycles. The topological polar surface area (TPSA) is 43.4 Å². The molecule has 0 amide bonds. The van der Waals surface area contributed by atoms with Crippen molar-refractivity contribution in [1.82, 2.24) is 0 Å². The molecule has 198 valence electrons. The number of rotatable bonds is 6. The van der Waals surface area contributed by atoms with Crippen molar-refractivity contribution >= 4 is 11.8 Å². The van der Waals surface area contributed by atoms with Gasteiger partial charge in [-0.3, -0.25) is 9.59 Å². The second kappa shape index (κ2) is 8.07. The van der Waals surface area contributed by atoms with Crippen molar-refractivity contribution in [2.45, 2.75) is 132 Å². The molecule has 0 radical (unpaired) electrons. The molecule has 0 aromatic rings. The summed E-state index contributed by atoms with van der Waals surface area (Å²) in [6, 6.07) is 0. The summed E-state index contributed by atoms with van der Waals surface area (Å²) in [6.07, 6.45) is 12.9. The predicted octanol–water partition coefficient (Wildman–Crippen LogP) is 8.00. The lowest BCUT2D eigenvalue weighted by Crippen LogP contribution is -2.61. The third kappa shape index (κ3) is 3.27. The fourth-order valence-corrected chi connectivity index (χ4v) is 11.5. The van der Waals surface area contributed by atoms with E-state index in [9.17, 15) is 9.59 Å². The Labute approximate surface area is 214 Å². The van der Waals surface area contributed by atoms with E-state index in [2.05, 4.69) is 48.5 Å². The Morgan fingerprint density at radius 2 is 1.63 bits per heavy atom. The van der Waals surface area contributed by atoms with E-state index in [4.69, 9.17) is 4.74 Å². The molecule has 5 saturated carbocycles. The molecule has 5 rings (SSSR count). The molecular weight excluding hydrogens is 432 g/mol. The number of carbonyl (C=O) groups excluding carboxylic acids is 2. The molecule has 9 unspecified atom stereocenters. The average molecular weight is 485 g/mol. The van der Waals surface area contributed by atoms with Gasteiger partial charge in [-0.05, 0) is 90.8 Å². The zero-order valence-corrected chi connectivity index (χ0v) is 24.0. The third-order valence-electron chi connectivity index (χ3n) is 13.3. The van der Waals surface area contributed by atoms with Crippen LogP contribution < -0.4 is 0 Å². The highest BCUT2D eigenvalue weighted by Gasteiger charge is 2.85. The van der Waals surface area contributed by atoms with Gasteiger partial charge in [-0.15, -0.1) is 0 Å². The Bertz CT molecular complexity index is 889. The monoisotopic (exact) mass is 484 g/mol. The average Bonchev–Trinajstić information content (AvgIpc) is 3.36. The van der Waals surface area contributed by atoms with Crippen molar-refractivity contribution in [3.05, 3.63) is 0 Å². The number of carbonyl (C=O) groups is 2. The van der Waals surface area contributed by atoms with Crippen LogP contribution in [0, 0.1) is 56.7 Å². The Morgan fingerprint density at radius 1 is 0.943 bits per heavy atom. The zero-order chi connectivity index (χ0) is 25.6. The second-order valence-corrected chi connectivity index (χ2v) is 15.3. The van der Waals surface area contributed by atoms with Crippen molar-refractivity contribution in [3.8, 4) is 0 Å². The van der Waals surface area contributed by atoms with Crippen molar-refractivity contribution in [1.29, 1.82) is 0 Å². The van der Waals surface area contributed by atoms with E-state index in [1.54, 1.807) is 6.92 Å². The second-order valence-electron chi connectivity index (χ2n) is 15.3. The first-order valence-electron chi connectivity index (χ1n) is 15.0. The van der Waals surface area contributed by atoms with Crippen molar-refractivity contribution < 1.29 is 14.3 Å². The molecule has 3 heteroatoms. The first-order valence-corrected chi connectivity index (χ1v) is 15.0. The minimum Gasteiger partial charge on any atom is -0.462 e. The minimum atomic E-state index is -0.158. The van der Waals surface area contributed by atoms with Gasteiger partial charge in [0.1, 0.15) is 11.9 Å². The summed E-state index contributed by atoms with van der Waals surface area (Å²) in [7, 11) is 0. The van der Waals surface area contributed by atoms with Crippen LogP contribution in [-0.2, 0) is 14.3 Å². The van der Waals surface area contributed by atoms with Gasteiger partial charge in [-0.2, -0.15) is 0 Å². The van der Waals surface area contributed by atoms with Crippen LogP contribution in [0.15, 0.2) is 0 Å². The first-order chi connectivity index (χ1) is 16.3. The van der Waals surface area contributed by atoms with Crippen LogP contribution in [-0.4, -0.2) is 17.9 Å². The van der Waals surface area contributed by atoms with E-state index >= 15 is 0 Å². The maximum atomic E-state index is 14.4. The van der Waals surface area contributed by atoms with Gasteiger partial charge < -0.3 is 4.74 Å². The maximum Gasteiger partial charge on any atom is 0.302 e. The third-order valence-corrected chi connectivity index (χ3v) is 13.3. The molecule has 5 aliphatic rings. The molecular formula is C32H52O3. The van der Waals surface area contributed by atoms with Crippen LogP contribution in [0.5, 0.6) is 0 Å². The zero-order valence-electron chi connectivity index (χ0n) is 24.0. The van der Waals surface area contributed by atoms with Crippen LogP contribution in [0.25, 0.3) is 0 Å². The van der Waals surface area contributed by atoms with E-state index < -0.39 is 0 Å². The number of hydrogen-bond donors (Lipinski definition) is 0. The highest BCUT2D eigenvalue weighted by molar-refractivity contribution is 5.92. The number of hydrogen-bond acceptors (Lipinski definition) is 3. The lowest BCUT2D eigenvalue weighted by molar-refractivity contribution is -0.185. The SMILES string of the molecule is CC(=O)OC1CCC23CC24C(=O)CC2(C)C(C(C)CCCC(C)C)CCC2(C)C4CCC3C1(C)C. The number of fused-ring (bicyclic) bond motifs is 2. The van der Waals surface area contributed by atoms with Crippen LogP contribution in [0.3, 0.4) is 0 Å². The molecule has 0 heterocycles. The number of ether oxygens (including phenoxy) is 1. The van der Waals surface area contributed by atoms with Gasteiger partial charge >= 0.3 is 5.97 Å². The van der Waals surface area contributed by atoms with Crippen molar-refractivity contribution in [3.63, 3.8) is 0 Å². The van der Waals surface area contributed by atoms with E-state index in [0.717, 1.165) is 31.6 Å². The lowest BCUT2D eigenvalue weighted by atomic mass is 9.41. The van der Waals surface area contributed by atoms with Gasteiger partial charge in [0.25, 0.3) is 0 Å². The molecule has 5 fully saturated rings. The van der Waals surface area contributed by atoms with Gasteiger partial charge in [-0.1, -0.05) is 67.7 Å². The van der Waals surface area contributed by atoms with E-state index in [0.29, 0.717) is 29.5 Å².